The van der Waals surface area contributed by atoms with Gasteiger partial charge in [0, 0.05) is 26.2 Å². The van der Waals surface area contributed by atoms with E-state index in [0.29, 0.717) is 6.04 Å². The average Bonchev–Trinajstić information content (AvgIpc) is 3.09. The van der Waals surface area contributed by atoms with Gasteiger partial charge in [0.1, 0.15) is 11.6 Å². The molecule has 0 aliphatic heterocycles. The van der Waals surface area contributed by atoms with E-state index >= 15 is 0 Å². The number of aromatic nitrogens is 3. The Balaban J connectivity index is 1.83. The third-order valence-corrected chi connectivity index (χ3v) is 4.67. The number of aliphatic hydroxyl groups is 1. The van der Waals surface area contributed by atoms with Crippen molar-refractivity contribution in [2.45, 2.75) is 38.8 Å². The first-order chi connectivity index (χ1) is 10.7. The lowest BCUT2D eigenvalue weighted by Crippen LogP contribution is -2.30. The molecule has 1 aromatic heterocycles. The lowest BCUT2D eigenvalue weighted by Gasteiger charge is -2.29. The largest absolute Gasteiger partial charge is 0.396 e. The van der Waals surface area contributed by atoms with Crippen LogP contribution in [-0.4, -0.2) is 37.9 Å². The Morgan fingerprint density at radius 1 is 1.32 bits per heavy atom. The summed E-state index contributed by atoms with van der Waals surface area (Å²) in [6.45, 7) is 3.85. The van der Waals surface area contributed by atoms with Gasteiger partial charge < -0.3 is 9.67 Å². The van der Waals surface area contributed by atoms with Gasteiger partial charge in [-0.05, 0) is 37.3 Å². The maximum Gasteiger partial charge on any atom is 0.146 e. The van der Waals surface area contributed by atoms with Crippen molar-refractivity contribution in [2.24, 2.45) is 7.05 Å². The van der Waals surface area contributed by atoms with Crippen LogP contribution in [0.1, 0.15) is 41.7 Å². The normalized spacial score (nSPS) is 17.2. The molecule has 0 spiro atoms. The van der Waals surface area contributed by atoms with Crippen LogP contribution in [0.2, 0.25) is 0 Å². The fraction of sp³-hybridized carbons (Fsp3) is 0.529. The molecule has 1 aliphatic rings. The summed E-state index contributed by atoms with van der Waals surface area (Å²) < 4.78 is 2.05. The summed E-state index contributed by atoms with van der Waals surface area (Å²) in [5.74, 6) is 1.92. The van der Waals surface area contributed by atoms with Crippen LogP contribution in [0.5, 0.6) is 0 Å². The average molecular weight is 300 g/mol. The highest BCUT2D eigenvalue weighted by Crippen LogP contribution is 2.36. The number of benzene rings is 1. The summed E-state index contributed by atoms with van der Waals surface area (Å²) in [6.07, 6.45) is 3.06. The fourth-order valence-electron chi connectivity index (χ4n) is 3.30. The number of aliphatic hydroxyl groups excluding tert-OH is 1. The first-order valence-corrected chi connectivity index (χ1v) is 7.98. The van der Waals surface area contributed by atoms with Gasteiger partial charge in [-0.25, -0.2) is 0 Å². The van der Waals surface area contributed by atoms with Crippen molar-refractivity contribution in [1.29, 1.82) is 0 Å². The number of fused-ring (bicyclic) bond motifs is 1. The number of hydrogen-bond donors (Lipinski definition) is 1. The second-order valence-corrected chi connectivity index (χ2v) is 6.02. The highest BCUT2D eigenvalue weighted by molar-refractivity contribution is 5.34. The molecule has 2 aromatic rings. The van der Waals surface area contributed by atoms with Gasteiger partial charge in [0.15, 0.2) is 0 Å². The van der Waals surface area contributed by atoms with Crippen molar-refractivity contribution in [2.75, 3.05) is 13.2 Å². The molecule has 0 saturated carbocycles. The zero-order valence-electron chi connectivity index (χ0n) is 13.4. The quantitative estimate of drug-likeness (QED) is 0.886. The maximum atomic E-state index is 9.22. The van der Waals surface area contributed by atoms with Gasteiger partial charge in [-0.3, -0.25) is 4.90 Å². The predicted molar refractivity (Wildman–Crippen MR) is 85.4 cm³/mol. The summed E-state index contributed by atoms with van der Waals surface area (Å²) in [7, 11) is 2.01. The van der Waals surface area contributed by atoms with Gasteiger partial charge in [-0.15, -0.1) is 10.2 Å². The minimum absolute atomic E-state index is 0.225. The molecule has 0 amide bonds. The molecule has 0 radical (unpaired) electrons. The first kappa shape index (κ1) is 15.2. The van der Waals surface area contributed by atoms with E-state index in [2.05, 4.69) is 39.4 Å². The van der Waals surface area contributed by atoms with E-state index in [0.717, 1.165) is 44.0 Å². The molecular weight excluding hydrogens is 276 g/mol. The molecule has 1 aliphatic carbocycles. The lowest BCUT2D eigenvalue weighted by molar-refractivity contribution is 0.160. The van der Waals surface area contributed by atoms with E-state index in [1.165, 1.54) is 11.1 Å². The monoisotopic (exact) mass is 300 g/mol. The van der Waals surface area contributed by atoms with Crippen molar-refractivity contribution in [3.05, 3.63) is 47.0 Å². The number of rotatable bonds is 6. The van der Waals surface area contributed by atoms with Crippen LogP contribution in [0.4, 0.5) is 0 Å². The van der Waals surface area contributed by atoms with Gasteiger partial charge in [0.2, 0.25) is 0 Å². The Kier molecular flexibility index (Phi) is 4.55. The first-order valence-electron chi connectivity index (χ1n) is 7.98. The standard InChI is InChI=1S/C17H24N4O/c1-13-18-19-17(20(13)2)12-21(10-5-11-22)16-9-8-14-6-3-4-7-15(14)16/h3-4,6-7,16,22H,5,8-12H2,1-2H3. The van der Waals surface area contributed by atoms with Gasteiger partial charge in [0.05, 0.1) is 6.54 Å². The van der Waals surface area contributed by atoms with Crippen LogP contribution in [0.3, 0.4) is 0 Å². The minimum Gasteiger partial charge on any atom is -0.396 e. The molecule has 5 nitrogen and oxygen atoms in total. The Morgan fingerprint density at radius 2 is 2.14 bits per heavy atom. The van der Waals surface area contributed by atoms with Crippen molar-refractivity contribution < 1.29 is 5.11 Å². The predicted octanol–water partition coefficient (Wildman–Crippen LogP) is 2.00. The van der Waals surface area contributed by atoms with E-state index in [1.807, 2.05) is 18.5 Å². The minimum atomic E-state index is 0.225. The molecule has 0 bridgehead atoms. The van der Waals surface area contributed by atoms with Gasteiger partial charge in [0.25, 0.3) is 0 Å². The zero-order chi connectivity index (χ0) is 15.5. The van der Waals surface area contributed by atoms with E-state index in [1.54, 1.807) is 0 Å². The molecule has 1 unspecified atom stereocenters. The second-order valence-electron chi connectivity index (χ2n) is 6.02. The molecule has 1 heterocycles. The Bertz CT molecular complexity index is 637. The van der Waals surface area contributed by atoms with Crippen LogP contribution >= 0.6 is 0 Å². The molecule has 22 heavy (non-hydrogen) atoms. The summed E-state index contributed by atoms with van der Waals surface area (Å²) in [6, 6.07) is 9.12. The summed E-state index contributed by atoms with van der Waals surface area (Å²) in [4.78, 5) is 2.44. The molecule has 0 saturated heterocycles. The van der Waals surface area contributed by atoms with Gasteiger partial charge in [-0.2, -0.15) is 0 Å². The zero-order valence-corrected chi connectivity index (χ0v) is 13.4. The Hall–Kier alpha value is -1.72. The number of hydrogen-bond acceptors (Lipinski definition) is 4. The third-order valence-electron chi connectivity index (χ3n) is 4.67. The molecule has 1 aromatic carbocycles. The van der Waals surface area contributed by atoms with E-state index < -0.39 is 0 Å². The Morgan fingerprint density at radius 3 is 2.86 bits per heavy atom. The van der Waals surface area contributed by atoms with Crippen LogP contribution in [0.15, 0.2) is 24.3 Å². The van der Waals surface area contributed by atoms with Gasteiger partial charge in [-0.1, -0.05) is 24.3 Å². The highest BCUT2D eigenvalue weighted by atomic mass is 16.3. The summed E-state index contributed by atoms with van der Waals surface area (Å²) in [5.41, 5.74) is 2.88. The van der Waals surface area contributed by atoms with Crippen molar-refractivity contribution in [3.8, 4) is 0 Å². The van der Waals surface area contributed by atoms with Crippen LogP contribution in [-0.2, 0) is 20.0 Å². The number of nitrogens with zero attached hydrogens (tertiary/aromatic N) is 4. The molecule has 5 heteroatoms. The topological polar surface area (TPSA) is 54.2 Å². The molecular formula is C17H24N4O. The smallest absolute Gasteiger partial charge is 0.146 e. The van der Waals surface area contributed by atoms with Crippen molar-refractivity contribution in [1.82, 2.24) is 19.7 Å². The van der Waals surface area contributed by atoms with Gasteiger partial charge >= 0.3 is 0 Å². The third kappa shape index (κ3) is 2.91. The molecule has 1 N–H and O–H groups in total. The van der Waals surface area contributed by atoms with E-state index in [-0.39, 0.29) is 6.61 Å². The van der Waals surface area contributed by atoms with Crippen LogP contribution in [0, 0.1) is 6.92 Å². The van der Waals surface area contributed by atoms with E-state index in [4.69, 9.17) is 0 Å². The molecule has 1 atom stereocenters. The van der Waals surface area contributed by atoms with Crippen molar-refractivity contribution in [3.63, 3.8) is 0 Å². The second kappa shape index (κ2) is 6.58. The van der Waals surface area contributed by atoms with E-state index in [9.17, 15) is 5.11 Å². The summed E-state index contributed by atoms with van der Waals surface area (Å²) in [5, 5.41) is 17.7. The van der Waals surface area contributed by atoms with Crippen molar-refractivity contribution >= 4 is 0 Å². The fourth-order valence-corrected chi connectivity index (χ4v) is 3.30. The lowest BCUT2D eigenvalue weighted by atomic mass is 10.1. The molecule has 3 rings (SSSR count). The van der Waals surface area contributed by atoms with Crippen LogP contribution in [0.25, 0.3) is 0 Å². The summed E-state index contributed by atoms with van der Waals surface area (Å²) >= 11 is 0. The Labute approximate surface area is 131 Å². The highest BCUT2D eigenvalue weighted by Gasteiger charge is 2.28. The number of aryl methyl sites for hydroxylation is 2. The molecule has 0 fully saturated rings. The SMILES string of the molecule is Cc1nnc(CN(CCCO)C2CCc3ccccc32)n1C. The maximum absolute atomic E-state index is 9.22. The van der Waals surface area contributed by atoms with Crippen LogP contribution < -0.4 is 0 Å². The molecule has 118 valence electrons.